The van der Waals surface area contributed by atoms with Crippen molar-refractivity contribution in [3.05, 3.63) is 83.1 Å². The van der Waals surface area contributed by atoms with Gasteiger partial charge in [0.05, 0.1) is 5.02 Å². The van der Waals surface area contributed by atoms with Crippen LogP contribution in [-0.2, 0) is 4.79 Å². The molecule has 1 heterocycles. The number of anilines is 1. The predicted octanol–water partition coefficient (Wildman–Crippen LogP) is 5.56. The fraction of sp³-hybridized carbons (Fsp3) is 0.0500. The number of hydrogen-bond acceptors (Lipinski definition) is 2. The lowest BCUT2D eigenvalue weighted by molar-refractivity contribution is -0.111. The van der Waals surface area contributed by atoms with Crippen molar-refractivity contribution < 1.29 is 9.21 Å². The monoisotopic (exact) mass is 337 g/mol. The highest BCUT2D eigenvalue weighted by molar-refractivity contribution is 6.33. The van der Waals surface area contributed by atoms with Crippen molar-refractivity contribution in [1.82, 2.24) is 0 Å². The van der Waals surface area contributed by atoms with Gasteiger partial charge in [-0.1, -0.05) is 35.9 Å². The molecule has 120 valence electrons. The van der Waals surface area contributed by atoms with E-state index in [1.54, 1.807) is 12.1 Å². The minimum Gasteiger partial charge on any atom is -0.457 e. The van der Waals surface area contributed by atoms with Crippen LogP contribution in [0.5, 0.6) is 0 Å². The third-order valence-electron chi connectivity index (χ3n) is 3.45. The Bertz CT molecular complexity index is 896. The highest BCUT2D eigenvalue weighted by Gasteiger charge is 2.07. The Balaban J connectivity index is 1.69. The van der Waals surface area contributed by atoms with Gasteiger partial charge in [-0.2, -0.15) is 0 Å². The van der Waals surface area contributed by atoms with Crippen LogP contribution in [-0.4, -0.2) is 5.91 Å². The fourth-order valence-electron chi connectivity index (χ4n) is 2.31. The minimum absolute atomic E-state index is 0.212. The van der Waals surface area contributed by atoms with Gasteiger partial charge < -0.3 is 9.73 Å². The molecule has 0 aliphatic rings. The molecule has 0 aliphatic carbocycles. The van der Waals surface area contributed by atoms with E-state index in [9.17, 15) is 4.79 Å². The van der Waals surface area contributed by atoms with Gasteiger partial charge in [-0.3, -0.25) is 4.79 Å². The van der Waals surface area contributed by atoms with E-state index in [4.69, 9.17) is 16.0 Å². The maximum atomic E-state index is 12.0. The molecule has 0 aliphatic heterocycles. The number of halogens is 1. The van der Waals surface area contributed by atoms with Crippen LogP contribution < -0.4 is 5.32 Å². The second-order valence-electron chi connectivity index (χ2n) is 5.37. The SMILES string of the molecule is Cc1cccc(NC(=O)/C=C/c2ccc(-c3ccccc3Cl)o2)c1. The molecular weight excluding hydrogens is 322 g/mol. The quantitative estimate of drug-likeness (QED) is 0.633. The molecule has 3 rings (SSSR count). The standard InChI is InChI=1S/C20H16ClNO2/c1-14-5-4-6-15(13-14)22-20(23)12-10-16-9-11-19(24-16)17-7-2-3-8-18(17)21/h2-13H,1H3,(H,22,23)/b12-10+. The van der Waals surface area contributed by atoms with Crippen LogP contribution in [0.4, 0.5) is 5.69 Å². The van der Waals surface area contributed by atoms with E-state index in [-0.39, 0.29) is 5.91 Å². The maximum absolute atomic E-state index is 12.0. The maximum Gasteiger partial charge on any atom is 0.248 e. The molecule has 0 unspecified atom stereocenters. The molecule has 4 heteroatoms. The minimum atomic E-state index is -0.212. The Hall–Kier alpha value is -2.78. The largest absolute Gasteiger partial charge is 0.457 e. The number of aryl methyl sites for hydroxylation is 1. The summed E-state index contributed by atoms with van der Waals surface area (Å²) in [5.41, 5.74) is 2.68. The van der Waals surface area contributed by atoms with E-state index in [0.29, 0.717) is 16.5 Å². The van der Waals surface area contributed by atoms with Gasteiger partial charge in [0, 0.05) is 17.3 Å². The molecule has 0 radical (unpaired) electrons. The Labute approximate surface area is 145 Å². The van der Waals surface area contributed by atoms with E-state index >= 15 is 0 Å². The predicted molar refractivity (Wildman–Crippen MR) is 98.0 cm³/mol. The number of furan rings is 1. The fourth-order valence-corrected chi connectivity index (χ4v) is 2.54. The number of nitrogens with one attached hydrogen (secondary N) is 1. The average Bonchev–Trinajstić information content (AvgIpc) is 3.02. The van der Waals surface area contributed by atoms with E-state index in [1.165, 1.54) is 6.08 Å². The Morgan fingerprint density at radius 1 is 1.08 bits per heavy atom. The Morgan fingerprint density at radius 3 is 2.71 bits per heavy atom. The van der Waals surface area contributed by atoms with Crippen LogP contribution in [0.2, 0.25) is 5.02 Å². The van der Waals surface area contributed by atoms with E-state index < -0.39 is 0 Å². The van der Waals surface area contributed by atoms with Gasteiger partial charge in [0.15, 0.2) is 0 Å². The normalized spacial score (nSPS) is 10.9. The average molecular weight is 338 g/mol. The number of benzene rings is 2. The molecule has 1 N–H and O–H groups in total. The zero-order valence-corrected chi connectivity index (χ0v) is 13.9. The van der Waals surface area contributed by atoms with E-state index in [2.05, 4.69) is 5.32 Å². The van der Waals surface area contributed by atoms with E-state index in [0.717, 1.165) is 16.8 Å². The van der Waals surface area contributed by atoms with Crippen LogP contribution >= 0.6 is 11.6 Å². The van der Waals surface area contributed by atoms with E-state index in [1.807, 2.05) is 61.5 Å². The number of hydrogen-bond donors (Lipinski definition) is 1. The van der Waals surface area contributed by atoms with Crippen molar-refractivity contribution in [1.29, 1.82) is 0 Å². The van der Waals surface area contributed by atoms with Crippen LogP contribution in [0.1, 0.15) is 11.3 Å². The molecule has 0 saturated heterocycles. The highest BCUT2D eigenvalue weighted by atomic mass is 35.5. The molecule has 24 heavy (non-hydrogen) atoms. The molecule has 1 aromatic heterocycles. The summed E-state index contributed by atoms with van der Waals surface area (Å²) in [4.78, 5) is 12.0. The first kappa shape index (κ1) is 16.1. The third-order valence-corrected chi connectivity index (χ3v) is 3.78. The smallest absolute Gasteiger partial charge is 0.248 e. The van der Waals surface area contributed by atoms with Gasteiger partial charge >= 0.3 is 0 Å². The summed E-state index contributed by atoms with van der Waals surface area (Å²) >= 11 is 6.16. The summed E-state index contributed by atoms with van der Waals surface area (Å²) in [5, 5.41) is 3.44. The molecule has 0 spiro atoms. The van der Waals surface area contributed by atoms with Crippen LogP contribution in [0.15, 0.2) is 71.2 Å². The third kappa shape index (κ3) is 3.94. The number of rotatable bonds is 4. The summed E-state index contributed by atoms with van der Waals surface area (Å²) in [7, 11) is 0. The summed E-state index contributed by atoms with van der Waals surface area (Å²) in [6, 6.07) is 18.7. The topological polar surface area (TPSA) is 42.2 Å². The zero-order chi connectivity index (χ0) is 16.9. The molecule has 0 atom stereocenters. The Kier molecular flexibility index (Phi) is 4.82. The summed E-state index contributed by atoms with van der Waals surface area (Å²) in [6.07, 6.45) is 3.07. The molecule has 0 fully saturated rings. The van der Waals surface area contributed by atoms with Crippen molar-refractivity contribution in [2.24, 2.45) is 0 Å². The van der Waals surface area contributed by atoms with Gasteiger partial charge in [-0.15, -0.1) is 0 Å². The number of carbonyl (C=O) groups is 1. The summed E-state index contributed by atoms with van der Waals surface area (Å²) in [6.45, 7) is 1.98. The number of carbonyl (C=O) groups excluding carboxylic acids is 1. The van der Waals surface area contributed by atoms with Gasteiger partial charge in [0.25, 0.3) is 0 Å². The van der Waals surface area contributed by atoms with Crippen molar-refractivity contribution in [2.45, 2.75) is 6.92 Å². The summed E-state index contributed by atoms with van der Waals surface area (Å²) < 4.78 is 5.72. The van der Waals surface area contributed by atoms with Gasteiger partial charge in [-0.25, -0.2) is 0 Å². The molecule has 3 nitrogen and oxygen atoms in total. The molecule has 2 aromatic carbocycles. The van der Waals surface area contributed by atoms with Crippen LogP contribution in [0.3, 0.4) is 0 Å². The highest BCUT2D eigenvalue weighted by Crippen LogP contribution is 2.29. The lowest BCUT2D eigenvalue weighted by atomic mass is 10.2. The first-order valence-corrected chi connectivity index (χ1v) is 7.90. The second-order valence-corrected chi connectivity index (χ2v) is 5.78. The van der Waals surface area contributed by atoms with Crippen LogP contribution in [0, 0.1) is 6.92 Å². The molecule has 0 saturated carbocycles. The lowest BCUT2D eigenvalue weighted by Gasteiger charge is -2.02. The lowest BCUT2D eigenvalue weighted by Crippen LogP contribution is -2.07. The second kappa shape index (κ2) is 7.20. The van der Waals surface area contributed by atoms with Gasteiger partial charge in [0.1, 0.15) is 11.5 Å². The molecular formula is C20H16ClNO2. The molecule has 0 bridgehead atoms. The zero-order valence-electron chi connectivity index (χ0n) is 13.1. The van der Waals surface area contributed by atoms with Gasteiger partial charge in [-0.05, 0) is 55.0 Å². The van der Waals surface area contributed by atoms with Crippen molar-refractivity contribution in [3.8, 4) is 11.3 Å². The Morgan fingerprint density at radius 2 is 1.92 bits per heavy atom. The summed E-state index contributed by atoms with van der Waals surface area (Å²) in [5.74, 6) is 1.04. The van der Waals surface area contributed by atoms with Crippen molar-refractivity contribution in [2.75, 3.05) is 5.32 Å². The molecule has 1 amide bonds. The number of amides is 1. The first-order chi connectivity index (χ1) is 11.6. The molecule has 3 aromatic rings. The van der Waals surface area contributed by atoms with Crippen LogP contribution in [0.25, 0.3) is 17.4 Å². The van der Waals surface area contributed by atoms with Crippen molar-refractivity contribution in [3.63, 3.8) is 0 Å². The van der Waals surface area contributed by atoms with Gasteiger partial charge in [0.2, 0.25) is 5.91 Å². The first-order valence-electron chi connectivity index (χ1n) is 7.52. The van der Waals surface area contributed by atoms with Crippen molar-refractivity contribution >= 4 is 29.3 Å².